The molecule has 2 N–H and O–H groups in total. The molecule has 2 heteroatoms. The Morgan fingerprint density at radius 3 is 2.75 bits per heavy atom. The van der Waals surface area contributed by atoms with Crippen LogP contribution in [0.25, 0.3) is 0 Å². The highest BCUT2D eigenvalue weighted by Gasteiger charge is 2.26. The van der Waals surface area contributed by atoms with Gasteiger partial charge in [0.25, 0.3) is 0 Å². The van der Waals surface area contributed by atoms with Crippen molar-refractivity contribution in [3.63, 3.8) is 0 Å². The summed E-state index contributed by atoms with van der Waals surface area (Å²) in [5.41, 5.74) is 0.489. The summed E-state index contributed by atoms with van der Waals surface area (Å²) in [6.45, 7) is 10.3. The molecule has 1 aliphatic heterocycles. The zero-order valence-electron chi connectivity index (χ0n) is 8.61. The average Bonchev–Trinajstić information content (AvgIpc) is 2.03. The van der Waals surface area contributed by atoms with Crippen molar-refractivity contribution >= 4 is 0 Å². The maximum absolute atomic E-state index is 3.52. The Hall–Kier alpha value is -0.0800. The fourth-order valence-electron chi connectivity index (χ4n) is 1.72. The van der Waals surface area contributed by atoms with Gasteiger partial charge in [-0.3, -0.25) is 0 Å². The Kier molecular flexibility index (Phi) is 3.53. The van der Waals surface area contributed by atoms with Crippen LogP contribution in [0, 0.1) is 5.41 Å². The lowest BCUT2D eigenvalue weighted by Gasteiger charge is -2.35. The van der Waals surface area contributed by atoms with Crippen molar-refractivity contribution in [3.05, 3.63) is 0 Å². The van der Waals surface area contributed by atoms with E-state index in [0.717, 1.165) is 6.54 Å². The van der Waals surface area contributed by atoms with Crippen molar-refractivity contribution in [2.24, 2.45) is 5.41 Å². The van der Waals surface area contributed by atoms with Crippen LogP contribution in [0.15, 0.2) is 0 Å². The molecule has 1 rings (SSSR count). The lowest BCUT2D eigenvalue weighted by atomic mass is 9.82. The summed E-state index contributed by atoms with van der Waals surface area (Å²) in [5.74, 6) is 0. The van der Waals surface area contributed by atoms with E-state index in [4.69, 9.17) is 0 Å². The lowest BCUT2D eigenvalue weighted by molar-refractivity contribution is 0.221. The van der Waals surface area contributed by atoms with Crippen LogP contribution in [-0.2, 0) is 0 Å². The molecule has 0 radical (unpaired) electrons. The first-order valence-electron chi connectivity index (χ1n) is 5.06. The van der Waals surface area contributed by atoms with Crippen LogP contribution in [-0.4, -0.2) is 25.7 Å². The summed E-state index contributed by atoms with van der Waals surface area (Å²) in [5, 5.41) is 6.97. The first-order valence-corrected chi connectivity index (χ1v) is 5.06. The summed E-state index contributed by atoms with van der Waals surface area (Å²) in [4.78, 5) is 0. The van der Waals surface area contributed by atoms with Crippen LogP contribution in [0.2, 0.25) is 0 Å². The van der Waals surface area contributed by atoms with Gasteiger partial charge in [0, 0.05) is 19.1 Å². The van der Waals surface area contributed by atoms with E-state index in [1.54, 1.807) is 0 Å². The summed E-state index contributed by atoms with van der Waals surface area (Å²) in [6.07, 6.45) is 2.69. The fourth-order valence-corrected chi connectivity index (χ4v) is 1.72. The second-order valence-corrected chi connectivity index (χ2v) is 4.63. The van der Waals surface area contributed by atoms with Gasteiger partial charge in [0.05, 0.1) is 0 Å². The van der Waals surface area contributed by atoms with Crippen molar-refractivity contribution in [1.29, 1.82) is 0 Å². The molecule has 0 saturated carbocycles. The van der Waals surface area contributed by atoms with E-state index in [1.165, 1.54) is 25.9 Å². The number of piperidine rings is 1. The zero-order chi connectivity index (χ0) is 9.03. The van der Waals surface area contributed by atoms with Crippen LogP contribution in [0.4, 0.5) is 0 Å². The zero-order valence-corrected chi connectivity index (χ0v) is 8.61. The van der Waals surface area contributed by atoms with Crippen molar-refractivity contribution in [3.8, 4) is 0 Å². The number of hydrogen-bond donors (Lipinski definition) is 2. The van der Waals surface area contributed by atoms with Crippen LogP contribution in [0.5, 0.6) is 0 Å². The molecule has 0 amide bonds. The molecule has 1 heterocycles. The van der Waals surface area contributed by atoms with E-state index in [2.05, 4.69) is 31.4 Å². The maximum Gasteiger partial charge on any atom is 0.00197 e. The molecule has 2 nitrogen and oxygen atoms in total. The first-order chi connectivity index (χ1) is 5.62. The highest BCUT2D eigenvalue weighted by molar-refractivity contribution is 4.83. The van der Waals surface area contributed by atoms with Crippen molar-refractivity contribution in [2.75, 3.05) is 19.6 Å². The van der Waals surface area contributed by atoms with Crippen LogP contribution in [0.3, 0.4) is 0 Å². The van der Waals surface area contributed by atoms with Gasteiger partial charge in [-0.2, -0.15) is 0 Å². The van der Waals surface area contributed by atoms with Gasteiger partial charge >= 0.3 is 0 Å². The van der Waals surface area contributed by atoms with Crippen molar-refractivity contribution in [1.82, 2.24) is 10.6 Å². The SMILES string of the molecule is CC(C)NCC1(C)CCCNC1. The van der Waals surface area contributed by atoms with Gasteiger partial charge in [-0.05, 0) is 24.8 Å². The molecule has 1 fully saturated rings. The number of nitrogens with one attached hydrogen (secondary N) is 2. The third kappa shape index (κ3) is 3.11. The summed E-state index contributed by atoms with van der Waals surface area (Å²) in [7, 11) is 0. The molecule has 0 aliphatic carbocycles. The molecule has 0 aromatic carbocycles. The van der Waals surface area contributed by atoms with E-state index in [-0.39, 0.29) is 0 Å². The van der Waals surface area contributed by atoms with E-state index in [9.17, 15) is 0 Å². The quantitative estimate of drug-likeness (QED) is 0.668. The van der Waals surface area contributed by atoms with Crippen LogP contribution >= 0.6 is 0 Å². The summed E-state index contributed by atoms with van der Waals surface area (Å²) >= 11 is 0. The minimum atomic E-state index is 0.489. The third-order valence-electron chi connectivity index (χ3n) is 2.62. The Morgan fingerprint density at radius 1 is 1.50 bits per heavy atom. The van der Waals surface area contributed by atoms with Gasteiger partial charge in [0.15, 0.2) is 0 Å². The Labute approximate surface area is 76.1 Å². The van der Waals surface area contributed by atoms with Gasteiger partial charge in [-0.25, -0.2) is 0 Å². The molecular weight excluding hydrogens is 148 g/mol. The molecule has 0 aromatic heterocycles. The lowest BCUT2D eigenvalue weighted by Crippen LogP contribution is -2.45. The Balaban J connectivity index is 2.26. The van der Waals surface area contributed by atoms with Gasteiger partial charge in [-0.15, -0.1) is 0 Å². The highest BCUT2D eigenvalue weighted by Crippen LogP contribution is 2.24. The fraction of sp³-hybridized carbons (Fsp3) is 1.00. The molecule has 1 aliphatic rings. The van der Waals surface area contributed by atoms with Crippen molar-refractivity contribution in [2.45, 2.75) is 39.7 Å². The normalized spacial score (nSPS) is 31.0. The van der Waals surface area contributed by atoms with E-state index < -0.39 is 0 Å². The second-order valence-electron chi connectivity index (χ2n) is 4.63. The molecule has 0 aromatic rings. The molecule has 0 spiro atoms. The van der Waals surface area contributed by atoms with Gasteiger partial charge in [0.2, 0.25) is 0 Å². The maximum atomic E-state index is 3.52. The Bertz CT molecular complexity index is 126. The molecule has 1 atom stereocenters. The first kappa shape index (κ1) is 10.0. The van der Waals surface area contributed by atoms with Crippen molar-refractivity contribution < 1.29 is 0 Å². The largest absolute Gasteiger partial charge is 0.316 e. The predicted molar refractivity (Wildman–Crippen MR) is 53.3 cm³/mol. The minimum absolute atomic E-state index is 0.489. The highest BCUT2D eigenvalue weighted by atomic mass is 15.0. The summed E-state index contributed by atoms with van der Waals surface area (Å²) < 4.78 is 0. The molecular formula is C10H22N2. The van der Waals surface area contributed by atoms with Gasteiger partial charge in [-0.1, -0.05) is 20.8 Å². The molecule has 0 bridgehead atoms. The van der Waals surface area contributed by atoms with E-state index in [0.29, 0.717) is 11.5 Å². The van der Waals surface area contributed by atoms with E-state index >= 15 is 0 Å². The number of rotatable bonds is 3. The topological polar surface area (TPSA) is 24.1 Å². The molecule has 72 valence electrons. The second kappa shape index (κ2) is 4.24. The van der Waals surface area contributed by atoms with Gasteiger partial charge < -0.3 is 10.6 Å². The third-order valence-corrected chi connectivity index (χ3v) is 2.62. The monoisotopic (exact) mass is 170 g/mol. The molecule has 1 unspecified atom stereocenters. The Morgan fingerprint density at radius 2 is 2.25 bits per heavy atom. The van der Waals surface area contributed by atoms with Crippen LogP contribution < -0.4 is 10.6 Å². The van der Waals surface area contributed by atoms with Gasteiger partial charge in [0.1, 0.15) is 0 Å². The number of hydrogen-bond acceptors (Lipinski definition) is 2. The standard InChI is InChI=1S/C10H22N2/c1-9(2)12-8-10(3)5-4-6-11-7-10/h9,11-12H,4-8H2,1-3H3. The van der Waals surface area contributed by atoms with Crippen LogP contribution in [0.1, 0.15) is 33.6 Å². The van der Waals surface area contributed by atoms with E-state index in [1.807, 2.05) is 0 Å². The average molecular weight is 170 g/mol. The molecule has 1 saturated heterocycles. The summed E-state index contributed by atoms with van der Waals surface area (Å²) in [6, 6.07) is 0.615. The molecule has 12 heavy (non-hydrogen) atoms. The predicted octanol–water partition coefficient (Wildman–Crippen LogP) is 1.37. The minimum Gasteiger partial charge on any atom is -0.316 e. The smallest absolute Gasteiger partial charge is 0.00197 e.